The Kier molecular flexibility index (Phi) is 5.24. The number of nitrogens with one attached hydrogen (secondary N) is 1. The second-order valence-electron chi connectivity index (χ2n) is 4.75. The molecule has 2 aromatic heterocycles. The summed E-state index contributed by atoms with van der Waals surface area (Å²) in [5.41, 5.74) is 2.07. The Morgan fingerprint density at radius 1 is 1.20 bits per heavy atom. The summed E-state index contributed by atoms with van der Waals surface area (Å²) in [6, 6.07) is 4.06. The van der Waals surface area contributed by atoms with Crippen molar-refractivity contribution in [3.63, 3.8) is 0 Å². The number of pyridine rings is 1. The molecule has 2 rings (SSSR count). The lowest BCUT2D eigenvalue weighted by Crippen LogP contribution is -2.15. The van der Waals surface area contributed by atoms with E-state index in [1.165, 1.54) is 0 Å². The van der Waals surface area contributed by atoms with Gasteiger partial charge in [0.2, 0.25) is 0 Å². The lowest BCUT2D eigenvalue weighted by molar-refractivity contribution is 0.663. The molecular formula is C15H23N5. The van der Waals surface area contributed by atoms with Crippen LogP contribution in [0.15, 0.2) is 18.3 Å². The quantitative estimate of drug-likeness (QED) is 0.786. The molecule has 0 saturated heterocycles. The van der Waals surface area contributed by atoms with Crippen molar-refractivity contribution in [2.24, 2.45) is 0 Å². The molecule has 2 aromatic rings. The molecule has 5 heteroatoms. The van der Waals surface area contributed by atoms with Gasteiger partial charge in [0, 0.05) is 25.6 Å². The van der Waals surface area contributed by atoms with Crippen molar-refractivity contribution in [1.29, 1.82) is 0 Å². The van der Waals surface area contributed by atoms with Crippen molar-refractivity contribution in [3.8, 4) is 5.69 Å². The van der Waals surface area contributed by atoms with Crippen LogP contribution < -0.4 is 5.32 Å². The zero-order valence-electron chi connectivity index (χ0n) is 12.6. The molecule has 5 nitrogen and oxygen atoms in total. The molecular weight excluding hydrogens is 250 g/mol. The van der Waals surface area contributed by atoms with E-state index in [9.17, 15) is 0 Å². The number of hydrogen-bond acceptors (Lipinski definition) is 4. The van der Waals surface area contributed by atoms with Crippen molar-refractivity contribution >= 4 is 0 Å². The first-order valence-electron chi connectivity index (χ1n) is 7.39. The number of rotatable bonds is 7. The third-order valence-electron chi connectivity index (χ3n) is 3.13. The number of aryl methyl sites for hydroxylation is 2. The van der Waals surface area contributed by atoms with Crippen molar-refractivity contribution < 1.29 is 0 Å². The summed E-state index contributed by atoms with van der Waals surface area (Å²) in [5, 5.41) is 7.93. The fourth-order valence-corrected chi connectivity index (χ4v) is 2.06. The monoisotopic (exact) mass is 273 g/mol. The van der Waals surface area contributed by atoms with Gasteiger partial charge in [-0.2, -0.15) is 5.10 Å². The Balaban J connectivity index is 2.23. The molecule has 2 heterocycles. The molecule has 0 aliphatic heterocycles. The first-order chi connectivity index (χ1) is 9.78. The van der Waals surface area contributed by atoms with E-state index in [0.717, 1.165) is 55.4 Å². The van der Waals surface area contributed by atoms with Gasteiger partial charge < -0.3 is 5.32 Å². The van der Waals surface area contributed by atoms with E-state index in [4.69, 9.17) is 0 Å². The average Bonchev–Trinajstić information content (AvgIpc) is 2.91. The second kappa shape index (κ2) is 7.14. The van der Waals surface area contributed by atoms with E-state index in [1.807, 2.05) is 16.9 Å². The average molecular weight is 273 g/mol. The molecule has 0 bridgehead atoms. The summed E-state index contributed by atoms with van der Waals surface area (Å²) >= 11 is 0. The number of aromatic nitrogens is 4. The predicted molar refractivity (Wildman–Crippen MR) is 79.9 cm³/mol. The van der Waals surface area contributed by atoms with Crippen molar-refractivity contribution in [2.75, 3.05) is 6.54 Å². The third kappa shape index (κ3) is 3.42. The Morgan fingerprint density at radius 2 is 2.05 bits per heavy atom. The van der Waals surface area contributed by atoms with E-state index in [1.54, 1.807) is 0 Å². The molecule has 0 unspecified atom stereocenters. The summed E-state index contributed by atoms with van der Waals surface area (Å²) in [6.45, 7) is 8.14. The Hall–Kier alpha value is -1.75. The normalized spacial score (nSPS) is 10.9. The van der Waals surface area contributed by atoms with Crippen molar-refractivity contribution in [3.05, 3.63) is 35.7 Å². The van der Waals surface area contributed by atoms with Gasteiger partial charge in [-0.1, -0.05) is 20.8 Å². The summed E-state index contributed by atoms with van der Waals surface area (Å²) < 4.78 is 1.93. The molecule has 0 aliphatic carbocycles. The van der Waals surface area contributed by atoms with Gasteiger partial charge in [-0.3, -0.25) is 4.98 Å². The largest absolute Gasteiger partial charge is 0.311 e. The minimum absolute atomic E-state index is 0.790. The van der Waals surface area contributed by atoms with Gasteiger partial charge >= 0.3 is 0 Å². The van der Waals surface area contributed by atoms with Gasteiger partial charge in [-0.05, 0) is 25.1 Å². The van der Waals surface area contributed by atoms with Gasteiger partial charge in [-0.25, -0.2) is 9.67 Å². The van der Waals surface area contributed by atoms with E-state index >= 15 is 0 Å². The molecule has 0 aromatic carbocycles. The first-order valence-corrected chi connectivity index (χ1v) is 7.39. The van der Waals surface area contributed by atoms with Crippen LogP contribution in [0.5, 0.6) is 0 Å². The van der Waals surface area contributed by atoms with Crippen LogP contribution in [0.2, 0.25) is 0 Å². The molecule has 0 amide bonds. The molecule has 20 heavy (non-hydrogen) atoms. The molecule has 0 saturated carbocycles. The number of nitrogens with zero attached hydrogens (tertiary/aromatic N) is 4. The number of hydrogen-bond donors (Lipinski definition) is 1. The van der Waals surface area contributed by atoms with Crippen LogP contribution in [0.4, 0.5) is 0 Å². The van der Waals surface area contributed by atoms with Crippen molar-refractivity contribution in [2.45, 2.75) is 46.6 Å². The molecule has 1 N–H and O–H groups in total. The second-order valence-corrected chi connectivity index (χ2v) is 4.75. The molecule has 0 atom stereocenters. The Labute approximate surface area is 120 Å². The fourth-order valence-electron chi connectivity index (χ4n) is 2.06. The molecule has 108 valence electrons. The molecule has 0 fully saturated rings. The highest BCUT2D eigenvalue weighted by molar-refractivity contribution is 5.32. The standard InChI is InChI=1S/C15H23N5/c1-4-8-16-11-12-10-13(7-9-17-12)20-15(6-3)18-14(5-2)19-20/h7,9-10,16H,4-6,8,11H2,1-3H3. The maximum absolute atomic E-state index is 4.56. The van der Waals surface area contributed by atoms with Crippen LogP contribution in [0.25, 0.3) is 5.69 Å². The molecule has 0 aliphatic rings. The van der Waals surface area contributed by atoms with Crippen molar-refractivity contribution in [1.82, 2.24) is 25.1 Å². The van der Waals surface area contributed by atoms with Gasteiger partial charge in [0.05, 0.1) is 11.4 Å². The lowest BCUT2D eigenvalue weighted by atomic mass is 10.3. The van der Waals surface area contributed by atoms with Crippen LogP contribution in [0.3, 0.4) is 0 Å². The predicted octanol–water partition coefficient (Wildman–Crippen LogP) is 2.29. The minimum Gasteiger partial charge on any atom is -0.311 e. The van der Waals surface area contributed by atoms with E-state index in [-0.39, 0.29) is 0 Å². The molecule has 0 spiro atoms. The van der Waals surface area contributed by atoms with E-state index in [2.05, 4.69) is 47.2 Å². The Morgan fingerprint density at radius 3 is 2.75 bits per heavy atom. The topological polar surface area (TPSA) is 55.6 Å². The summed E-state index contributed by atoms with van der Waals surface area (Å²) in [5.74, 6) is 1.89. The summed E-state index contributed by atoms with van der Waals surface area (Å²) in [7, 11) is 0. The maximum atomic E-state index is 4.56. The smallest absolute Gasteiger partial charge is 0.151 e. The van der Waals surface area contributed by atoms with E-state index in [0.29, 0.717) is 0 Å². The highest BCUT2D eigenvalue weighted by Crippen LogP contribution is 2.11. The third-order valence-corrected chi connectivity index (χ3v) is 3.13. The maximum Gasteiger partial charge on any atom is 0.151 e. The van der Waals surface area contributed by atoms with Gasteiger partial charge in [0.25, 0.3) is 0 Å². The summed E-state index contributed by atoms with van der Waals surface area (Å²) in [6.07, 6.45) is 4.70. The van der Waals surface area contributed by atoms with Gasteiger partial charge in [0.1, 0.15) is 5.82 Å². The zero-order valence-corrected chi connectivity index (χ0v) is 12.6. The van der Waals surface area contributed by atoms with Crippen LogP contribution >= 0.6 is 0 Å². The Bertz CT molecular complexity index is 547. The SMILES string of the molecule is CCCNCc1cc(-n2nc(CC)nc2CC)ccn1. The van der Waals surface area contributed by atoms with Crippen LogP contribution in [-0.2, 0) is 19.4 Å². The summed E-state index contributed by atoms with van der Waals surface area (Å²) in [4.78, 5) is 8.94. The van der Waals surface area contributed by atoms with Crippen LogP contribution in [0.1, 0.15) is 44.5 Å². The highest BCUT2D eigenvalue weighted by Gasteiger charge is 2.09. The van der Waals surface area contributed by atoms with Gasteiger partial charge in [-0.15, -0.1) is 0 Å². The highest BCUT2D eigenvalue weighted by atomic mass is 15.3. The lowest BCUT2D eigenvalue weighted by Gasteiger charge is -2.07. The van der Waals surface area contributed by atoms with E-state index < -0.39 is 0 Å². The van der Waals surface area contributed by atoms with Gasteiger partial charge in [0.15, 0.2) is 5.82 Å². The molecule has 0 radical (unpaired) electrons. The zero-order chi connectivity index (χ0) is 14.4. The van der Waals surface area contributed by atoms with Crippen LogP contribution in [0, 0.1) is 0 Å². The first kappa shape index (κ1) is 14.7. The fraction of sp³-hybridized carbons (Fsp3) is 0.533. The van der Waals surface area contributed by atoms with Crippen LogP contribution in [-0.4, -0.2) is 26.3 Å². The minimum atomic E-state index is 0.790.